The number of nitrogens with one attached hydrogen (secondary N) is 1. The van der Waals surface area contributed by atoms with E-state index >= 15 is 0 Å². The Morgan fingerprint density at radius 1 is 1.00 bits per heavy atom. The van der Waals surface area contributed by atoms with E-state index in [-0.39, 0.29) is 0 Å². The Labute approximate surface area is 190 Å². The van der Waals surface area contributed by atoms with E-state index in [9.17, 15) is 0 Å². The monoisotopic (exact) mass is 435 g/mol. The van der Waals surface area contributed by atoms with Gasteiger partial charge in [-0.1, -0.05) is 37.3 Å². The summed E-state index contributed by atoms with van der Waals surface area (Å²) in [5, 5.41) is 4.15. The van der Waals surface area contributed by atoms with Gasteiger partial charge < -0.3 is 19.7 Å². The standard InChI is InChI=1S/C25H29N3O2S/c1-4-21-9-5-6-10-22(21)27-25(31)28(18-20-8-7-14-26-17-20)15-13-19-11-12-23(29-2)24(16-19)30-3/h5-12,14,16-17H,4,13,15,18H2,1-3H3,(H,27,31). The Kier molecular flexibility index (Phi) is 8.24. The van der Waals surface area contributed by atoms with Gasteiger partial charge in [0.25, 0.3) is 0 Å². The van der Waals surface area contributed by atoms with Crippen LogP contribution in [0.1, 0.15) is 23.6 Å². The number of benzene rings is 2. The third-order valence-corrected chi connectivity index (χ3v) is 5.50. The zero-order valence-corrected chi connectivity index (χ0v) is 19.1. The van der Waals surface area contributed by atoms with Crippen LogP contribution in [0.15, 0.2) is 67.0 Å². The number of rotatable bonds is 9. The fourth-order valence-electron chi connectivity index (χ4n) is 3.41. The van der Waals surface area contributed by atoms with Gasteiger partial charge in [0.2, 0.25) is 0 Å². The average molecular weight is 436 g/mol. The number of hydrogen-bond donors (Lipinski definition) is 1. The zero-order chi connectivity index (χ0) is 22.1. The summed E-state index contributed by atoms with van der Waals surface area (Å²) in [5.41, 5.74) is 4.57. The van der Waals surface area contributed by atoms with Gasteiger partial charge in [-0.2, -0.15) is 0 Å². The van der Waals surface area contributed by atoms with Gasteiger partial charge in [0.15, 0.2) is 16.6 Å². The van der Waals surface area contributed by atoms with E-state index in [0.717, 1.165) is 47.7 Å². The molecule has 3 aromatic rings. The summed E-state index contributed by atoms with van der Waals surface area (Å²) in [6.07, 6.45) is 5.43. The molecule has 1 N–H and O–H groups in total. The van der Waals surface area contributed by atoms with Crippen LogP contribution in [0.5, 0.6) is 11.5 Å². The predicted molar refractivity (Wildman–Crippen MR) is 130 cm³/mol. The number of thiocarbonyl (C=S) groups is 1. The van der Waals surface area contributed by atoms with Crippen molar-refractivity contribution in [1.29, 1.82) is 0 Å². The number of para-hydroxylation sites is 1. The van der Waals surface area contributed by atoms with Gasteiger partial charge in [-0.05, 0) is 66.0 Å². The molecule has 0 aliphatic rings. The van der Waals surface area contributed by atoms with Gasteiger partial charge in [-0.15, -0.1) is 0 Å². The van der Waals surface area contributed by atoms with Gasteiger partial charge in [-0.3, -0.25) is 4.98 Å². The first-order valence-corrected chi connectivity index (χ1v) is 10.8. The summed E-state index contributed by atoms with van der Waals surface area (Å²) < 4.78 is 10.8. The fraction of sp³-hybridized carbons (Fsp3) is 0.280. The molecule has 1 heterocycles. The minimum absolute atomic E-state index is 0.682. The molecule has 0 atom stereocenters. The molecule has 0 amide bonds. The van der Waals surface area contributed by atoms with Gasteiger partial charge in [0.1, 0.15) is 0 Å². The smallest absolute Gasteiger partial charge is 0.173 e. The van der Waals surface area contributed by atoms with Crippen LogP contribution in [0.25, 0.3) is 0 Å². The van der Waals surface area contributed by atoms with Crippen LogP contribution in [0.2, 0.25) is 0 Å². The molecular weight excluding hydrogens is 406 g/mol. The van der Waals surface area contributed by atoms with Crippen molar-refractivity contribution < 1.29 is 9.47 Å². The van der Waals surface area contributed by atoms with Crippen LogP contribution >= 0.6 is 12.2 Å². The van der Waals surface area contributed by atoms with Crippen molar-refractivity contribution in [3.63, 3.8) is 0 Å². The minimum atomic E-state index is 0.682. The number of hydrogen-bond acceptors (Lipinski definition) is 4. The zero-order valence-electron chi connectivity index (χ0n) is 18.3. The molecule has 0 aliphatic heterocycles. The Morgan fingerprint density at radius 2 is 1.81 bits per heavy atom. The lowest BCUT2D eigenvalue weighted by Crippen LogP contribution is -2.36. The Balaban J connectivity index is 1.77. The first kappa shape index (κ1) is 22.6. The molecule has 0 saturated heterocycles. The molecule has 0 saturated carbocycles. The van der Waals surface area contributed by atoms with Crippen molar-refractivity contribution in [2.24, 2.45) is 0 Å². The molecule has 5 nitrogen and oxygen atoms in total. The third kappa shape index (κ3) is 6.18. The highest BCUT2D eigenvalue weighted by Gasteiger charge is 2.13. The Bertz CT molecular complexity index is 995. The Hall–Kier alpha value is -3.12. The number of nitrogens with zero attached hydrogens (tertiary/aromatic N) is 2. The van der Waals surface area contributed by atoms with E-state index in [4.69, 9.17) is 21.7 Å². The van der Waals surface area contributed by atoms with Crippen molar-refractivity contribution in [2.45, 2.75) is 26.3 Å². The van der Waals surface area contributed by atoms with E-state index < -0.39 is 0 Å². The number of ether oxygens (including phenoxy) is 2. The molecule has 0 spiro atoms. The Morgan fingerprint density at radius 3 is 2.52 bits per heavy atom. The molecule has 1 aromatic heterocycles. The summed E-state index contributed by atoms with van der Waals surface area (Å²) >= 11 is 5.82. The van der Waals surface area contributed by atoms with E-state index in [0.29, 0.717) is 11.7 Å². The number of pyridine rings is 1. The molecule has 0 fully saturated rings. The van der Waals surface area contributed by atoms with Gasteiger partial charge >= 0.3 is 0 Å². The van der Waals surface area contributed by atoms with Crippen LogP contribution in [0, 0.1) is 0 Å². The molecule has 31 heavy (non-hydrogen) atoms. The highest BCUT2D eigenvalue weighted by atomic mass is 32.1. The maximum Gasteiger partial charge on any atom is 0.173 e. The normalized spacial score (nSPS) is 10.4. The van der Waals surface area contributed by atoms with E-state index in [1.807, 2.05) is 30.5 Å². The van der Waals surface area contributed by atoms with Crippen molar-refractivity contribution in [2.75, 3.05) is 26.1 Å². The van der Waals surface area contributed by atoms with Crippen molar-refractivity contribution in [3.05, 3.63) is 83.7 Å². The SMILES string of the molecule is CCc1ccccc1NC(=S)N(CCc1ccc(OC)c(OC)c1)Cc1cccnc1. The molecule has 0 aliphatic carbocycles. The molecular formula is C25H29N3O2S. The lowest BCUT2D eigenvalue weighted by Gasteiger charge is -2.27. The lowest BCUT2D eigenvalue weighted by molar-refractivity contribution is 0.354. The van der Waals surface area contributed by atoms with E-state index in [1.54, 1.807) is 20.4 Å². The summed E-state index contributed by atoms with van der Waals surface area (Å²) in [7, 11) is 3.30. The van der Waals surface area contributed by atoms with E-state index in [1.165, 1.54) is 5.56 Å². The quantitative estimate of drug-likeness (QED) is 0.472. The molecule has 162 valence electrons. The van der Waals surface area contributed by atoms with Crippen molar-refractivity contribution in [3.8, 4) is 11.5 Å². The molecule has 6 heteroatoms. The number of methoxy groups -OCH3 is 2. The minimum Gasteiger partial charge on any atom is -0.493 e. The lowest BCUT2D eigenvalue weighted by atomic mass is 10.1. The maximum atomic E-state index is 5.82. The van der Waals surface area contributed by atoms with Gasteiger partial charge in [0, 0.05) is 31.2 Å². The summed E-state index contributed by atoms with van der Waals surface area (Å²) in [5.74, 6) is 1.46. The second kappa shape index (κ2) is 11.3. The second-order valence-corrected chi connectivity index (χ2v) is 7.55. The number of aromatic nitrogens is 1. The summed E-state index contributed by atoms with van der Waals surface area (Å²) in [4.78, 5) is 6.42. The van der Waals surface area contributed by atoms with Crippen LogP contribution in [0.4, 0.5) is 5.69 Å². The van der Waals surface area contributed by atoms with Crippen LogP contribution in [-0.2, 0) is 19.4 Å². The average Bonchev–Trinajstić information content (AvgIpc) is 2.82. The summed E-state index contributed by atoms with van der Waals surface area (Å²) in [6, 6.07) is 18.3. The maximum absolute atomic E-state index is 5.82. The van der Waals surface area contributed by atoms with Gasteiger partial charge in [-0.25, -0.2) is 0 Å². The predicted octanol–water partition coefficient (Wildman–Crippen LogP) is 5.10. The first-order valence-electron chi connectivity index (χ1n) is 10.4. The van der Waals surface area contributed by atoms with Crippen LogP contribution in [-0.4, -0.2) is 35.8 Å². The van der Waals surface area contributed by atoms with Crippen LogP contribution in [0.3, 0.4) is 0 Å². The molecule has 3 rings (SSSR count). The third-order valence-electron chi connectivity index (χ3n) is 5.14. The molecule has 0 radical (unpaired) electrons. The van der Waals surface area contributed by atoms with Crippen molar-refractivity contribution >= 4 is 23.0 Å². The topological polar surface area (TPSA) is 46.6 Å². The fourth-order valence-corrected chi connectivity index (χ4v) is 3.68. The van der Waals surface area contributed by atoms with E-state index in [2.05, 4.69) is 52.5 Å². The molecule has 2 aromatic carbocycles. The van der Waals surface area contributed by atoms with Crippen molar-refractivity contribution in [1.82, 2.24) is 9.88 Å². The summed E-state index contributed by atoms with van der Waals surface area (Å²) in [6.45, 7) is 3.58. The number of anilines is 1. The van der Waals surface area contributed by atoms with Crippen LogP contribution < -0.4 is 14.8 Å². The highest BCUT2D eigenvalue weighted by molar-refractivity contribution is 7.80. The second-order valence-electron chi connectivity index (χ2n) is 7.16. The first-order chi connectivity index (χ1) is 15.1. The molecule has 0 bridgehead atoms. The highest BCUT2D eigenvalue weighted by Crippen LogP contribution is 2.28. The largest absolute Gasteiger partial charge is 0.493 e. The van der Waals surface area contributed by atoms with Gasteiger partial charge in [0.05, 0.1) is 14.2 Å². The number of aryl methyl sites for hydroxylation is 1. The molecule has 0 unspecified atom stereocenters.